The third-order valence-corrected chi connectivity index (χ3v) is 3.51. The van der Waals surface area contributed by atoms with Crippen molar-refractivity contribution in [2.45, 2.75) is 40.9 Å². The second kappa shape index (κ2) is 5.46. The largest absolute Gasteiger partial charge is 0.380 e. The molecule has 2 heteroatoms. The van der Waals surface area contributed by atoms with Gasteiger partial charge >= 0.3 is 0 Å². The molecule has 0 saturated carbocycles. The molecule has 0 saturated heterocycles. The first-order chi connectivity index (χ1) is 7.54. The van der Waals surface area contributed by atoms with E-state index in [4.69, 9.17) is 9.47 Å². The number of rotatable bonds is 4. The van der Waals surface area contributed by atoms with Crippen molar-refractivity contribution in [1.29, 1.82) is 0 Å². The summed E-state index contributed by atoms with van der Waals surface area (Å²) in [4.78, 5) is 0. The van der Waals surface area contributed by atoms with E-state index in [2.05, 4.69) is 27.7 Å². The number of methoxy groups -OCH3 is 2. The fraction of sp³-hybridized carbons (Fsp3) is 0.571. The second-order valence-corrected chi connectivity index (χ2v) is 4.32. The van der Waals surface area contributed by atoms with Crippen molar-refractivity contribution in [1.82, 2.24) is 0 Å². The Balaban J connectivity index is 3.37. The van der Waals surface area contributed by atoms with E-state index in [1.165, 1.54) is 33.4 Å². The van der Waals surface area contributed by atoms with Crippen molar-refractivity contribution < 1.29 is 9.47 Å². The predicted octanol–water partition coefficient (Wildman–Crippen LogP) is 3.21. The third-order valence-electron chi connectivity index (χ3n) is 3.51. The van der Waals surface area contributed by atoms with Gasteiger partial charge in [0.25, 0.3) is 0 Å². The summed E-state index contributed by atoms with van der Waals surface area (Å²) in [6.45, 7) is 10.0. The van der Waals surface area contributed by atoms with Crippen molar-refractivity contribution in [3.05, 3.63) is 33.4 Å². The van der Waals surface area contributed by atoms with E-state index in [1.807, 2.05) is 0 Å². The maximum absolute atomic E-state index is 5.27. The number of hydrogen-bond acceptors (Lipinski definition) is 2. The normalized spacial score (nSPS) is 10.9. The van der Waals surface area contributed by atoms with E-state index >= 15 is 0 Å². The first-order valence-electron chi connectivity index (χ1n) is 5.60. The molecular formula is C14H22O2. The van der Waals surface area contributed by atoms with Crippen LogP contribution < -0.4 is 0 Å². The highest BCUT2D eigenvalue weighted by Gasteiger charge is 2.13. The van der Waals surface area contributed by atoms with Crippen LogP contribution in [-0.2, 0) is 22.7 Å². The Kier molecular flexibility index (Phi) is 4.51. The van der Waals surface area contributed by atoms with Crippen LogP contribution in [0.25, 0.3) is 0 Å². The zero-order valence-electron chi connectivity index (χ0n) is 11.2. The molecule has 1 aromatic rings. The minimum atomic E-state index is 0.687. The molecule has 0 bridgehead atoms. The molecule has 0 aliphatic heterocycles. The first-order valence-corrected chi connectivity index (χ1v) is 5.60. The highest BCUT2D eigenvalue weighted by Crippen LogP contribution is 2.27. The Morgan fingerprint density at radius 1 is 0.625 bits per heavy atom. The molecule has 0 aliphatic rings. The van der Waals surface area contributed by atoms with Crippen LogP contribution in [0.4, 0.5) is 0 Å². The third kappa shape index (κ3) is 2.28. The number of benzene rings is 1. The van der Waals surface area contributed by atoms with Crippen LogP contribution in [0, 0.1) is 27.7 Å². The summed E-state index contributed by atoms with van der Waals surface area (Å²) in [6.07, 6.45) is 0. The van der Waals surface area contributed by atoms with Crippen LogP contribution >= 0.6 is 0 Å². The molecule has 0 atom stereocenters. The van der Waals surface area contributed by atoms with Gasteiger partial charge in [-0.1, -0.05) is 0 Å². The fourth-order valence-corrected chi connectivity index (χ4v) is 2.19. The molecular weight excluding hydrogens is 200 g/mol. The van der Waals surface area contributed by atoms with Crippen molar-refractivity contribution in [3.63, 3.8) is 0 Å². The average Bonchev–Trinajstić information content (AvgIpc) is 2.28. The zero-order chi connectivity index (χ0) is 12.3. The maximum Gasteiger partial charge on any atom is 0.0718 e. The fourth-order valence-electron chi connectivity index (χ4n) is 2.19. The molecule has 0 amide bonds. The lowest BCUT2D eigenvalue weighted by Gasteiger charge is -2.19. The Morgan fingerprint density at radius 3 is 1.06 bits per heavy atom. The molecule has 0 N–H and O–H groups in total. The molecule has 1 aromatic carbocycles. The Labute approximate surface area is 98.6 Å². The van der Waals surface area contributed by atoms with Crippen LogP contribution in [-0.4, -0.2) is 14.2 Å². The zero-order valence-corrected chi connectivity index (χ0v) is 11.2. The van der Waals surface area contributed by atoms with E-state index in [0.717, 1.165) is 0 Å². The Morgan fingerprint density at radius 2 is 0.875 bits per heavy atom. The Bertz CT molecular complexity index is 315. The summed E-state index contributed by atoms with van der Waals surface area (Å²) in [5.41, 5.74) is 7.96. The van der Waals surface area contributed by atoms with Gasteiger partial charge in [-0.3, -0.25) is 0 Å². The highest BCUT2D eigenvalue weighted by molar-refractivity contribution is 5.49. The van der Waals surface area contributed by atoms with Gasteiger partial charge in [-0.2, -0.15) is 0 Å². The molecule has 2 nitrogen and oxygen atoms in total. The lowest BCUT2D eigenvalue weighted by atomic mass is 9.89. The molecule has 0 unspecified atom stereocenters. The number of hydrogen-bond donors (Lipinski definition) is 0. The Hall–Kier alpha value is -0.860. The summed E-state index contributed by atoms with van der Waals surface area (Å²) >= 11 is 0. The highest BCUT2D eigenvalue weighted by atomic mass is 16.5. The smallest absolute Gasteiger partial charge is 0.0718 e. The lowest BCUT2D eigenvalue weighted by molar-refractivity contribution is 0.180. The van der Waals surface area contributed by atoms with E-state index in [-0.39, 0.29) is 0 Å². The molecule has 90 valence electrons. The van der Waals surface area contributed by atoms with Crippen LogP contribution in [0.5, 0.6) is 0 Å². The van der Waals surface area contributed by atoms with E-state index in [9.17, 15) is 0 Å². The molecule has 0 aromatic heterocycles. The van der Waals surface area contributed by atoms with Crippen molar-refractivity contribution in [2.24, 2.45) is 0 Å². The minimum absolute atomic E-state index is 0.687. The van der Waals surface area contributed by atoms with Gasteiger partial charge in [-0.05, 0) is 61.1 Å². The average molecular weight is 222 g/mol. The van der Waals surface area contributed by atoms with Crippen LogP contribution in [0.2, 0.25) is 0 Å². The predicted molar refractivity (Wildman–Crippen MR) is 66.8 cm³/mol. The second-order valence-electron chi connectivity index (χ2n) is 4.32. The van der Waals surface area contributed by atoms with Gasteiger partial charge in [0.05, 0.1) is 13.2 Å². The summed E-state index contributed by atoms with van der Waals surface area (Å²) in [5, 5.41) is 0. The molecule has 0 aliphatic carbocycles. The van der Waals surface area contributed by atoms with E-state index in [1.54, 1.807) is 14.2 Å². The molecule has 1 rings (SSSR count). The summed E-state index contributed by atoms with van der Waals surface area (Å²) in [6, 6.07) is 0. The summed E-state index contributed by atoms with van der Waals surface area (Å²) < 4.78 is 10.5. The maximum atomic E-state index is 5.27. The molecule has 0 radical (unpaired) electrons. The molecule has 0 spiro atoms. The monoisotopic (exact) mass is 222 g/mol. The van der Waals surface area contributed by atoms with E-state index in [0.29, 0.717) is 13.2 Å². The van der Waals surface area contributed by atoms with E-state index < -0.39 is 0 Å². The van der Waals surface area contributed by atoms with Gasteiger partial charge in [0.1, 0.15) is 0 Å². The summed E-state index contributed by atoms with van der Waals surface area (Å²) in [5.74, 6) is 0. The van der Waals surface area contributed by atoms with Crippen molar-refractivity contribution >= 4 is 0 Å². The van der Waals surface area contributed by atoms with Gasteiger partial charge in [0, 0.05) is 14.2 Å². The van der Waals surface area contributed by atoms with Crippen LogP contribution in [0.1, 0.15) is 33.4 Å². The van der Waals surface area contributed by atoms with Gasteiger partial charge in [0.15, 0.2) is 0 Å². The topological polar surface area (TPSA) is 18.5 Å². The van der Waals surface area contributed by atoms with Crippen molar-refractivity contribution in [2.75, 3.05) is 14.2 Å². The van der Waals surface area contributed by atoms with Crippen LogP contribution in [0.3, 0.4) is 0 Å². The lowest BCUT2D eigenvalue weighted by Crippen LogP contribution is -2.06. The first kappa shape index (κ1) is 13.2. The van der Waals surface area contributed by atoms with Crippen LogP contribution in [0.15, 0.2) is 0 Å². The van der Waals surface area contributed by atoms with Gasteiger partial charge in [0.2, 0.25) is 0 Å². The number of ether oxygens (including phenoxy) is 2. The van der Waals surface area contributed by atoms with Gasteiger partial charge in [-0.15, -0.1) is 0 Å². The van der Waals surface area contributed by atoms with Gasteiger partial charge < -0.3 is 9.47 Å². The van der Waals surface area contributed by atoms with Gasteiger partial charge in [-0.25, -0.2) is 0 Å². The minimum Gasteiger partial charge on any atom is -0.380 e. The molecule has 0 fully saturated rings. The SMILES string of the molecule is COCc1c(C)c(C)c(COC)c(C)c1C. The quantitative estimate of drug-likeness (QED) is 0.778. The van der Waals surface area contributed by atoms with Crippen molar-refractivity contribution in [3.8, 4) is 0 Å². The molecule has 0 heterocycles. The molecule has 16 heavy (non-hydrogen) atoms. The summed E-state index contributed by atoms with van der Waals surface area (Å²) in [7, 11) is 3.49. The standard InChI is InChI=1S/C14H22O2/c1-9-10(2)14(8-16-6)12(4)11(3)13(9)7-15-5/h7-8H2,1-6H3.